The van der Waals surface area contributed by atoms with Gasteiger partial charge in [0, 0.05) is 44.5 Å². The van der Waals surface area contributed by atoms with Crippen molar-refractivity contribution in [2.75, 3.05) is 43.9 Å². The molecule has 31 heavy (non-hydrogen) atoms. The molecule has 0 atom stereocenters. The number of hydrogen-bond donors (Lipinski definition) is 2. The van der Waals surface area contributed by atoms with Gasteiger partial charge in [0.05, 0.1) is 5.52 Å². The molecule has 0 bridgehead atoms. The van der Waals surface area contributed by atoms with E-state index < -0.39 is 0 Å². The van der Waals surface area contributed by atoms with Gasteiger partial charge < -0.3 is 20.4 Å². The van der Waals surface area contributed by atoms with Crippen molar-refractivity contribution in [1.82, 2.24) is 20.2 Å². The number of nitrogens with one attached hydrogen (secondary N) is 2. The third-order valence-corrected chi connectivity index (χ3v) is 6.54. The molecule has 0 unspecified atom stereocenters. The minimum absolute atomic E-state index is 0.204. The fourth-order valence-electron chi connectivity index (χ4n) is 4.77. The smallest absolute Gasteiger partial charge is 0.225 e. The molecule has 1 saturated heterocycles. The Morgan fingerprint density at radius 1 is 1.03 bits per heavy atom. The molecule has 2 fully saturated rings. The van der Waals surface area contributed by atoms with Crippen LogP contribution in [0.2, 0.25) is 0 Å². The zero-order chi connectivity index (χ0) is 21.6. The molecule has 2 N–H and O–H groups in total. The summed E-state index contributed by atoms with van der Waals surface area (Å²) in [5.41, 5.74) is 0.957. The lowest BCUT2D eigenvalue weighted by Gasteiger charge is -2.30. The first-order valence-electron chi connectivity index (χ1n) is 11.8. The molecule has 1 aliphatic carbocycles. The number of fused-ring (bicyclic) bond motifs is 1. The number of nitrogens with zero attached hydrogens (tertiary/aromatic N) is 4. The molecule has 1 aliphatic heterocycles. The third kappa shape index (κ3) is 5.85. The number of carbonyl (C=O) groups excluding carboxylic acids is 1. The Morgan fingerprint density at radius 3 is 2.48 bits per heavy atom. The predicted molar refractivity (Wildman–Crippen MR) is 127 cm³/mol. The van der Waals surface area contributed by atoms with Crippen LogP contribution in [0.4, 0.5) is 11.8 Å². The van der Waals surface area contributed by atoms with Crippen LogP contribution in [0.15, 0.2) is 24.3 Å². The van der Waals surface area contributed by atoms with Gasteiger partial charge in [0.25, 0.3) is 0 Å². The van der Waals surface area contributed by atoms with Gasteiger partial charge in [0.2, 0.25) is 11.9 Å². The van der Waals surface area contributed by atoms with Crippen LogP contribution in [0.1, 0.15) is 51.4 Å². The fraction of sp³-hybridized carbons (Fsp3) is 0.625. The fourth-order valence-corrected chi connectivity index (χ4v) is 4.77. The van der Waals surface area contributed by atoms with Gasteiger partial charge in [0.15, 0.2) is 0 Å². The lowest BCUT2D eigenvalue weighted by molar-refractivity contribution is -0.122. The van der Waals surface area contributed by atoms with Crippen LogP contribution in [0.3, 0.4) is 0 Å². The van der Waals surface area contributed by atoms with Gasteiger partial charge in [0.1, 0.15) is 5.82 Å². The van der Waals surface area contributed by atoms with E-state index >= 15 is 0 Å². The van der Waals surface area contributed by atoms with Crippen LogP contribution >= 0.6 is 0 Å². The summed E-state index contributed by atoms with van der Waals surface area (Å²) in [6.07, 6.45) is 8.54. The zero-order valence-corrected chi connectivity index (χ0v) is 18.9. The first-order chi connectivity index (χ1) is 15.1. The minimum atomic E-state index is 0.204. The molecule has 2 aliphatic rings. The summed E-state index contributed by atoms with van der Waals surface area (Å²) in [7, 11) is 4.02. The van der Waals surface area contributed by atoms with Crippen LogP contribution in [0, 0.1) is 0 Å². The van der Waals surface area contributed by atoms with Gasteiger partial charge in [-0.25, -0.2) is 4.98 Å². The SMILES string of the molecule is CN(C)c1nc(N[C@H]2CC[C@@H](NC(=O)CCN3CCCCC3)CC2)nc2ccccc12. The number of piperidine rings is 1. The summed E-state index contributed by atoms with van der Waals surface area (Å²) in [5.74, 6) is 1.83. The number of hydrogen-bond acceptors (Lipinski definition) is 6. The van der Waals surface area contributed by atoms with Crippen LogP contribution in [0.5, 0.6) is 0 Å². The van der Waals surface area contributed by atoms with Crippen molar-refractivity contribution in [1.29, 1.82) is 0 Å². The van der Waals surface area contributed by atoms with E-state index in [0.717, 1.165) is 62.0 Å². The van der Waals surface area contributed by atoms with E-state index in [-0.39, 0.29) is 5.91 Å². The van der Waals surface area contributed by atoms with Crippen molar-refractivity contribution >= 4 is 28.6 Å². The van der Waals surface area contributed by atoms with E-state index in [1.807, 2.05) is 37.2 Å². The number of carbonyl (C=O) groups is 1. The minimum Gasteiger partial charge on any atom is -0.362 e. The van der Waals surface area contributed by atoms with E-state index in [1.165, 1.54) is 19.3 Å². The van der Waals surface area contributed by atoms with Crippen molar-refractivity contribution in [3.8, 4) is 0 Å². The number of aromatic nitrogens is 2. The molecule has 2 heterocycles. The Hall–Kier alpha value is -2.41. The zero-order valence-electron chi connectivity index (χ0n) is 18.9. The summed E-state index contributed by atoms with van der Waals surface area (Å²) in [4.78, 5) is 26.3. The monoisotopic (exact) mass is 424 g/mol. The molecular weight excluding hydrogens is 388 g/mol. The van der Waals surface area contributed by atoms with Crippen molar-refractivity contribution in [2.45, 2.75) is 63.5 Å². The molecule has 2 aromatic rings. The molecule has 1 aromatic heterocycles. The Labute approximate surface area is 185 Å². The highest BCUT2D eigenvalue weighted by Crippen LogP contribution is 2.26. The lowest BCUT2D eigenvalue weighted by Crippen LogP contribution is -2.41. The van der Waals surface area contributed by atoms with Gasteiger partial charge in [-0.2, -0.15) is 4.98 Å². The second kappa shape index (κ2) is 10.3. The Morgan fingerprint density at radius 2 is 1.74 bits per heavy atom. The maximum Gasteiger partial charge on any atom is 0.225 e. The largest absolute Gasteiger partial charge is 0.362 e. The van der Waals surface area contributed by atoms with Crippen LogP contribution in [0.25, 0.3) is 10.9 Å². The van der Waals surface area contributed by atoms with Crippen LogP contribution < -0.4 is 15.5 Å². The number of likely N-dealkylation sites (tertiary alicyclic amines) is 1. The molecule has 7 heteroatoms. The van der Waals surface area contributed by atoms with Crippen molar-refractivity contribution < 1.29 is 4.79 Å². The molecular formula is C24H36N6O. The highest BCUT2D eigenvalue weighted by Gasteiger charge is 2.23. The number of rotatable bonds is 7. The maximum absolute atomic E-state index is 12.4. The topological polar surface area (TPSA) is 73.4 Å². The standard InChI is InChI=1S/C24H36N6O/c1-29(2)23-20-8-4-5-9-21(20)27-24(28-23)26-19-12-10-18(11-13-19)25-22(31)14-17-30-15-6-3-7-16-30/h4-5,8-9,18-19H,3,6-7,10-17H2,1-2H3,(H,25,31)(H,26,27,28)/t18-,19+. The van der Waals surface area contributed by atoms with Gasteiger partial charge in [-0.15, -0.1) is 0 Å². The second-order valence-corrected chi connectivity index (χ2v) is 9.20. The van der Waals surface area contributed by atoms with Crippen LogP contribution in [-0.4, -0.2) is 66.6 Å². The number of para-hydroxylation sites is 1. The van der Waals surface area contributed by atoms with Gasteiger partial charge in [-0.05, 0) is 63.7 Å². The summed E-state index contributed by atoms with van der Waals surface area (Å²) in [6.45, 7) is 3.20. The molecule has 4 rings (SSSR count). The van der Waals surface area contributed by atoms with Crippen LogP contribution in [-0.2, 0) is 4.79 Å². The summed E-state index contributed by atoms with van der Waals surface area (Å²) < 4.78 is 0. The summed E-state index contributed by atoms with van der Waals surface area (Å²) in [6, 6.07) is 8.77. The lowest BCUT2D eigenvalue weighted by atomic mass is 9.91. The predicted octanol–water partition coefficient (Wildman–Crippen LogP) is 3.41. The molecule has 7 nitrogen and oxygen atoms in total. The number of anilines is 2. The first-order valence-corrected chi connectivity index (χ1v) is 11.8. The Balaban J connectivity index is 1.26. The van der Waals surface area contributed by atoms with Gasteiger partial charge >= 0.3 is 0 Å². The molecule has 168 valence electrons. The Kier molecular flexibility index (Phi) is 7.22. The van der Waals surface area contributed by atoms with Gasteiger partial charge in [-0.1, -0.05) is 18.6 Å². The third-order valence-electron chi connectivity index (χ3n) is 6.54. The van der Waals surface area contributed by atoms with E-state index in [9.17, 15) is 4.79 Å². The highest BCUT2D eigenvalue weighted by molar-refractivity contribution is 5.90. The van der Waals surface area contributed by atoms with Gasteiger partial charge in [-0.3, -0.25) is 4.79 Å². The first kappa shape index (κ1) is 21.8. The molecule has 1 amide bonds. The van der Waals surface area contributed by atoms with Crippen molar-refractivity contribution in [3.05, 3.63) is 24.3 Å². The van der Waals surface area contributed by atoms with E-state index in [2.05, 4.69) is 21.6 Å². The van der Waals surface area contributed by atoms with E-state index in [0.29, 0.717) is 24.5 Å². The number of amides is 1. The van der Waals surface area contributed by atoms with Crippen molar-refractivity contribution in [2.24, 2.45) is 0 Å². The van der Waals surface area contributed by atoms with E-state index in [4.69, 9.17) is 9.97 Å². The average Bonchev–Trinajstić information content (AvgIpc) is 2.79. The molecule has 0 radical (unpaired) electrons. The highest BCUT2D eigenvalue weighted by atomic mass is 16.1. The maximum atomic E-state index is 12.4. The molecule has 0 spiro atoms. The second-order valence-electron chi connectivity index (χ2n) is 9.20. The number of benzene rings is 1. The average molecular weight is 425 g/mol. The normalized spacial score (nSPS) is 22.3. The molecule has 1 saturated carbocycles. The molecule has 1 aromatic carbocycles. The van der Waals surface area contributed by atoms with Crippen molar-refractivity contribution in [3.63, 3.8) is 0 Å². The van der Waals surface area contributed by atoms with E-state index in [1.54, 1.807) is 0 Å². The summed E-state index contributed by atoms with van der Waals surface area (Å²) in [5, 5.41) is 7.87. The quantitative estimate of drug-likeness (QED) is 0.710. The summed E-state index contributed by atoms with van der Waals surface area (Å²) >= 11 is 0. The Bertz CT molecular complexity index is 871.